The van der Waals surface area contributed by atoms with Crippen LogP contribution in [0.5, 0.6) is 0 Å². The van der Waals surface area contributed by atoms with E-state index in [9.17, 15) is 9.59 Å². The van der Waals surface area contributed by atoms with Crippen molar-refractivity contribution in [3.63, 3.8) is 0 Å². The number of ether oxygens (including phenoxy) is 1. The van der Waals surface area contributed by atoms with Gasteiger partial charge in [0.25, 0.3) is 5.56 Å². The highest BCUT2D eigenvalue weighted by atomic mass is 35.5. The Labute approximate surface area is 210 Å². The number of anilines is 1. The van der Waals surface area contributed by atoms with Gasteiger partial charge in [0.15, 0.2) is 0 Å². The van der Waals surface area contributed by atoms with Gasteiger partial charge in [-0.15, -0.1) is 0 Å². The summed E-state index contributed by atoms with van der Waals surface area (Å²) in [7, 11) is 0. The van der Waals surface area contributed by atoms with Crippen LogP contribution in [-0.2, 0) is 10.2 Å². The lowest BCUT2D eigenvalue weighted by molar-refractivity contribution is 0.0219. The predicted molar refractivity (Wildman–Crippen MR) is 139 cm³/mol. The number of rotatable bonds is 1. The summed E-state index contributed by atoms with van der Waals surface area (Å²) in [6.45, 7) is 13.8. The van der Waals surface area contributed by atoms with Crippen molar-refractivity contribution in [1.82, 2.24) is 14.5 Å². The number of nitrogens with zero attached hydrogens (tertiary/aromatic N) is 4. The lowest BCUT2D eigenvalue weighted by Gasteiger charge is -2.41. The summed E-state index contributed by atoms with van der Waals surface area (Å²) in [5, 5.41) is 0.843. The van der Waals surface area contributed by atoms with Crippen molar-refractivity contribution in [2.75, 3.05) is 24.5 Å². The first-order valence-corrected chi connectivity index (χ1v) is 12.4. The highest BCUT2D eigenvalue weighted by Gasteiger charge is 2.39. The molecule has 8 heteroatoms. The molecule has 1 fully saturated rings. The molecule has 1 aromatic heterocycles. The van der Waals surface area contributed by atoms with Crippen molar-refractivity contribution in [3.05, 3.63) is 63.2 Å². The molecule has 0 aliphatic carbocycles. The molecule has 2 aliphatic heterocycles. The molecule has 0 N–H and O–H groups in total. The summed E-state index contributed by atoms with van der Waals surface area (Å²) in [5.41, 5.74) is 2.70. The minimum absolute atomic E-state index is 0.113. The van der Waals surface area contributed by atoms with Gasteiger partial charge in [-0.2, -0.15) is 4.98 Å². The quantitative estimate of drug-likeness (QED) is 0.469. The van der Waals surface area contributed by atoms with Gasteiger partial charge in [0.1, 0.15) is 11.4 Å². The summed E-state index contributed by atoms with van der Waals surface area (Å²) >= 11 is 6.41. The molecule has 3 aromatic rings. The second-order valence-electron chi connectivity index (χ2n) is 11.0. The smallest absolute Gasteiger partial charge is 0.410 e. The van der Waals surface area contributed by atoms with Crippen LogP contribution in [0.15, 0.2) is 41.2 Å². The number of fused-ring (bicyclic) bond motifs is 5. The Morgan fingerprint density at radius 2 is 1.91 bits per heavy atom. The Balaban J connectivity index is 1.53. The molecule has 0 unspecified atom stereocenters. The van der Waals surface area contributed by atoms with Crippen molar-refractivity contribution in [1.29, 1.82) is 0 Å². The van der Waals surface area contributed by atoms with E-state index in [1.54, 1.807) is 11.0 Å². The van der Waals surface area contributed by atoms with Gasteiger partial charge in [-0.05, 0) is 71.4 Å². The number of hydrogen-bond donors (Lipinski definition) is 0. The molecule has 3 heterocycles. The lowest BCUT2D eigenvalue weighted by atomic mass is 9.85. The topological polar surface area (TPSA) is 67.7 Å². The largest absolute Gasteiger partial charge is 0.444 e. The molecule has 35 heavy (non-hydrogen) atoms. The van der Waals surface area contributed by atoms with Crippen LogP contribution in [0.4, 0.5) is 10.5 Å². The molecule has 2 aliphatic rings. The predicted octanol–water partition coefficient (Wildman–Crippen LogP) is 5.12. The van der Waals surface area contributed by atoms with Crippen LogP contribution in [0, 0.1) is 0 Å². The van der Waals surface area contributed by atoms with Gasteiger partial charge in [-0.1, -0.05) is 23.7 Å². The second-order valence-corrected chi connectivity index (χ2v) is 11.4. The molecule has 1 amide bonds. The fraction of sp³-hybridized carbons (Fsp3) is 0.444. The van der Waals surface area contributed by atoms with E-state index in [1.165, 1.54) is 0 Å². The van der Waals surface area contributed by atoms with Crippen molar-refractivity contribution in [2.24, 2.45) is 0 Å². The molecule has 1 saturated heterocycles. The third-order valence-corrected chi connectivity index (χ3v) is 7.25. The maximum atomic E-state index is 12.9. The third kappa shape index (κ3) is 3.86. The maximum Gasteiger partial charge on any atom is 0.410 e. The van der Waals surface area contributed by atoms with E-state index in [0.717, 1.165) is 22.5 Å². The van der Waals surface area contributed by atoms with E-state index in [4.69, 9.17) is 16.3 Å². The molecule has 0 spiro atoms. The average molecular weight is 495 g/mol. The zero-order chi connectivity index (χ0) is 25.3. The highest BCUT2D eigenvalue weighted by Crippen LogP contribution is 2.44. The van der Waals surface area contributed by atoms with Crippen LogP contribution >= 0.6 is 11.6 Å². The first kappa shape index (κ1) is 23.7. The van der Waals surface area contributed by atoms with Gasteiger partial charge in [-0.25, -0.2) is 4.79 Å². The molecule has 1 atom stereocenters. The fourth-order valence-corrected chi connectivity index (χ4v) is 5.51. The summed E-state index contributed by atoms with van der Waals surface area (Å²) in [4.78, 5) is 34.0. The van der Waals surface area contributed by atoms with Gasteiger partial charge in [-0.3, -0.25) is 9.36 Å². The molecule has 7 nitrogen and oxygen atoms in total. The van der Waals surface area contributed by atoms with E-state index >= 15 is 0 Å². The van der Waals surface area contributed by atoms with Gasteiger partial charge in [0.2, 0.25) is 0 Å². The minimum Gasteiger partial charge on any atom is -0.444 e. The Kier molecular flexibility index (Phi) is 5.40. The summed E-state index contributed by atoms with van der Waals surface area (Å²) in [6, 6.07) is 12.1. The molecule has 0 saturated carbocycles. The van der Waals surface area contributed by atoms with Gasteiger partial charge < -0.3 is 14.5 Å². The molecule has 5 rings (SSSR count). The van der Waals surface area contributed by atoms with Crippen molar-refractivity contribution >= 4 is 34.3 Å². The molecule has 0 bridgehead atoms. The normalized spacial score (nSPS) is 19.0. The zero-order valence-electron chi connectivity index (χ0n) is 21.1. The molecule has 184 valence electrons. The summed E-state index contributed by atoms with van der Waals surface area (Å²) < 4.78 is 7.64. The highest BCUT2D eigenvalue weighted by molar-refractivity contribution is 6.35. The van der Waals surface area contributed by atoms with E-state index in [1.807, 2.05) is 32.9 Å². The molecular formula is C27H31ClN4O3. The standard InChI is InChI=1S/C27H31ClN4O3/c1-16-15-30(25(34)35-26(2,3)4)12-13-31(16)17-10-11-18-21(14-17)32-20-9-7-8-19(28)22(20)23(33)29-24(32)27(18,5)6/h7-11,14,16H,12-13,15H2,1-6H3/t16-/m0/s1. The fourth-order valence-electron chi connectivity index (χ4n) is 5.26. The molecular weight excluding hydrogens is 464 g/mol. The number of piperazine rings is 1. The maximum absolute atomic E-state index is 12.9. The van der Waals surface area contributed by atoms with Crippen LogP contribution in [0.2, 0.25) is 5.02 Å². The first-order valence-electron chi connectivity index (χ1n) is 12.0. The number of hydrogen-bond acceptors (Lipinski definition) is 5. The van der Waals surface area contributed by atoms with Crippen LogP contribution in [0.1, 0.15) is 52.9 Å². The number of carbonyl (C=O) groups is 1. The number of carbonyl (C=O) groups excluding carboxylic acids is 1. The summed E-state index contributed by atoms with van der Waals surface area (Å²) in [5.74, 6) is 0.715. The SMILES string of the molecule is C[C@H]1CN(C(=O)OC(C)(C)C)CCN1c1ccc2c(c1)-n1c(nc(=O)c3c(Cl)cccc31)C2(C)C. The average Bonchev–Trinajstić information content (AvgIpc) is 2.99. The Bertz CT molecular complexity index is 1410. The van der Waals surface area contributed by atoms with Crippen LogP contribution < -0.4 is 10.5 Å². The monoisotopic (exact) mass is 494 g/mol. The third-order valence-electron chi connectivity index (χ3n) is 6.93. The number of halogens is 1. The molecule has 0 radical (unpaired) electrons. The van der Waals surface area contributed by atoms with Crippen molar-refractivity contribution in [3.8, 4) is 5.69 Å². The van der Waals surface area contributed by atoms with Crippen LogP contribution in [0.3, 0.4) is 0 Å². The zero-order valence-corrected chi connectivity index (χ0v) is 21.8. The summed E-state index contributed by atoms with van der Waals surface area (Å²) in [6.07, 6.45) is -0.271. The number of aromatic nitrogens is 2. The number of benzene rings is 2. The van der Waals surface area contributed by atoms with E-state index < -0.39 is 11.0 Å². The van der Waals surface area contributed by atoms with Gasteiger partial charge in [0.05, 0.1) is 27.0 Å². The Morgan fingerprint density at radius 1 is 1.17 bits per heavy atom. The first-order chi connectivity index (χ1) is 16.4. The van der Waals surface area contributed by atoms with E-state index in [0.29, 0.717) is 35.9 Å². The van der Waals surface area contributed by atoms with Gasteiger partial charge >= 0.3 is 6.09 Å². The lowest BCUT2D eigenvalue weighted by Crippen LogP contribution is -2.54. The Morgan fingerprint density at radius 3 is 2.60 bits per heavy atom. The van der Waals surface area contributed by atoms with Crippen LogP contribution in [-0.4, -0.2) is 51.8 Å². The Hall–Kier alpha value is -3.06. The van der Waals surface area contributed by atoms with Crippen molar-refractivity contribution in [2.45, 2.75) is 58.6 Å². The van der Waals surface area contributed by atoms with E-state index in [2.05, 4.69) is 53.4 Å². The van der Waals surface area contributed by atoms with Crippen LogP contribution in [0.25, 0.3) is 16.6 Å². The van der Waals surface area contributed by atoms with E-state index in [-0.39, 0.29) is 17.7 Å². The van der Waals surface area contributed by atoms with Gasteiger partial charge in [0, 0.05) is 31.4 Å². The second kappa shape index (κ2) is 7.98. The van der Waals surface area contributed by atoms with Crippen molar-refractivity contribution < 1.29 is 9.53 Å². The number of amides is 1. The minimum atomic E-state index is -0.515. The molecule has 2 aromatic carbocycles.